The van der Waals surface area contributed by atoms with Crippen LogP contribution in [0.1, 0.15) is 16.3 Å². The molecule has 0 aliphatic heterocycles. The maximum atomic E-state index is 13.6. The number of thiophene rings is 1. The Labute approximate surface area is 196 Å². The molecule has 2 aromatic carbocycles. The molecule has 10 heteroatoms. The second-order valence-corrected chi connectivity index (χ2v) is 9.69. The van der Waals surface area contributed by atoms with E-state index in [2.05, 4.69) is 15.5 Å². The number of para-hydroxylation sites is 1. The van der Waals surface area contributed by atoms with Gasteiger partial charge in [0, 0.05) is 9.90 Å². The van der Waals surface area contributed by atoms with E-state index in [1.54, 1.807) is 21.4 Å². The van der Waals surface area contributed by atoms with Crippen LogP contribution in [-0.4, -0.2) is 29.8 Å². The third-order valence-corrected chi connectivity index (χ3v) is 7.41. The van der Waals surface area contributed by atoms with Crippen molar-refractivity contribution in [1.29, 1.82) is 0 Å². The molecule has 0 unspecified atom stereocenters. The zero-order valence-electron chi connectivity index (χ0n) is 17.2. The third-order valence-electron chi connectivity index (χ3n) is 5.12. The molecule has 3 aromatic heterocycles. The number of aromatic nitrogens is 6. The zero-order valence-corrected chi connectivity index (χ0v) is 19.6. The van der Waals surface area contributed by atoms with Gasteiger partial charge in [0.1, 0.15) is 4.83 Å². The second kappa shape index (κ2) is 8.50. The quantitative estimate of drug-likeness (QED) is 0.260. The van der Waals surface area contributed by atoms with Crippen molar-refractivity contribution < 1.29 is 0 Å². The van der Waals surface area contributed by atoms with E-state index >= 15 is 0 Å². The molecule has 0 aliphatic carbocycles. The number of fused-ring (bicyclic) bond motifs is 1. The molecule has 0 N–H and O–H groups in total. The van der Waals surface area contributed by atoms with Crippen molar-refractivity contribution in [2.75, 3.05) is 0 Å². The number of hydrogen-bond acceptors (Lipinski definition) is 7. The summed E-state index contributed by atoms with van der Waals surface area (Å²) in [5, 5.41) is 14.0. The normalized spacial score (nSPS) is 11.3. The molecule has 0 saturated heterocycles. The van der Waals surface area contributed by atoms with Crippen molar-refractivity contribution >= 4 is 44.9 Å². The minimum atomic E-state index is -0.0932. The molecule has 32 heavy (non-hydrogen) atoms. The van der Waals surface area contributed by atoms with E-state index in [4.69, 9.17) is 16.6 Å². The Morgan fingerprint density at radius 1 is 1.03 bits per heavy atom. The van der Waals surface area contributed by atoms with Gasteiger partial charge in [0.05, 0.1) is 22.5 Å². The molecule has 0 fully saturated rings. The minimum Gasteiger partial charge on any atom is -0.268 e. The van der Waals surface area contributed by atoms with Gasteiger partial charge in [-0.1, -0.05) is 41.6 Å². The number of rotatable bonds is 5. The Bertz CT molecular complexity index is 1470. The second-order valence-electron chi connectivity index (χ2n) is 7.11. The van der Waals surface area contributed by atoms with Crippen molar-refractivity contribution in [3.63, 3.8) is 0 Å². The molecule has 0 amide bonds. The Hall–Kier alpha value is -3.01. The highest BCUT2D eigenvalue weighted by Crippen LogP contribution is 2.30. The molecule has 0 aliphatic rings. The molecule has 7 nitrogen and oxygen atoms in total. The van der Waals surface area contributed by atoms with Crippen LogP contribution >= 0.6 is 34.7 Å². The van der Waals surface area contributed by atoms with Crippen LogP contribution in [0.5, 0.6) is 0 Å². The fraction of sp³-hybridized carbons (Fsp3) is 0.136. The summed E-state index contributed by atoms with van der Waals surface area (Å²) in [6, 6.07) is 16.9. The first-order valence-corrected chi connectivity index (χ1v) is 11.9. The lowest BCUT2D eigenvalue weighted by molar-refractivity contribution is 0.776. The van der Waals surface area contributed by atoms with Crippen LogP contribution in [0.25, 0.3) is 21.6 Å². The van der Waals surface area contributed by atoms with Crippen molar-refractivity contribution in [2.24, 2.45) is 0 Å². The van der Waals surface area contributed by atoms with E-state index in [0.717, 1.165) is 21.0 Å². The SMILES string of the molecule is Cc1sc2nc(SCc3nnnn3-c3ccccc3)n(-c3ccc(Cl)cc3)c(=O)c2c1C. The number of aryl methyl sites for hydroxylation is 2. The number of tetrazole rings is 1. The van der Waals surface area contributed by atoms with Gasteiger partial charge in [0.15, 0.2) is 11.0 Å². The smallest absolute Gasteiger partial charge is 0.267 e. The molecule has 160 valence electrons. The number of halogens is 1. The van der Waals surface area contributed by atoms with E-state index in [1.165, 1.54) is 23.1 Å². The first-order chi connectivity index (χ1) is 15.5. The Kier molecular flexibility index (Phi) is 5.54. The van der Waals surface area contributed by atoms with Crippen molar-refractivity contribution in [2.45, 2.75) is 24.8 Å². The van der Waals surface area contributed by atoms with Gasteiger partial charge in [0.25, 0.3) is 5.56 Å². The first-order valence-electron chi connectivity index (χ1n) is 9.77. The molecule has 0 atom stereocenters. The topological polar surface area (TPSA) is 78.5 Å². The number of thioether (sulfide) groups is 1. The van der Waals surface area contributed by atoms with Crippen LogP contribution in [0, 0.1) is 13.8 Å². The van der Waals surface area contributed by atoms with E-state index in [9.17, 15) is 4.79 Å². The number of nitrogens with zero attached hydrogens (tertiary/aromatic N) is 6. The summed E-state index contributed by atoms with van der Waals surface area (Å²) in [7, 11) is 0. The van der Waals surface area contributed by atoms with E-state index in [-0.39, 0.29) is 5.56 Å². The molecule has 0 radical (unpaired) electrons. The van der Waals surface area contributed by atoms with Crippen LogP contribution in [-0.2, 0) is 5.75 Å². The maximum absolute atomic E-state index is 13.6. The lowest BCUT2D eigenvalue weighted by atomic mass is 10.2. The average Bonchev–Trinajstić information content (AvgIpc) is 3.38. The monoisotopic (exact) mass is 480 g/mol. The number of benzene rings is 2. The summed E-state index contributed by atoms with van der Waals surface area (Å²) in [6.07, 6.45) is 0. The van der Waals surface area contributed by atoms with Crippen LogP contribution in [0.3, 0.4) is 0 Å². The van der Waals surface area contributed by atoms with Gasteiger partial charge in [-0.05, 0) is 66.2 Å². The summed E-state index contributed by atoms with van der Waals surface area (Å²) in [5.41, 5.74) is 2.46. The zero-order chi connectivity index (χ0) is 22.2. The lowest BCUT2D eigenvalue weighted by Crippen LogP contribution is -2.21. The van der Waals surface area contributed by atoms with Gasteiger partial charge in [-0.25, -0.2) is 4.98 Å². The lowest BCUT2D eigenvalue weighted by Gasteiger charge is -2.12. The number of hydrogen-bond donors (Lipinski definition) is 0. The highest BCUT2D eigenvalue weighted by molar-refractivity contribution is 7.98. The molecule has 0 bridgehead atoms. The van der Waals surface area contributed by atoms with Crippen LogP contribution < -0.4 is 5.56 Å². The van der Waals surface area contributed by atoms with Crippen LogP contribution in [0.2, 0.25) is 5.02 Å². The molecule has 5 aromatic rings. The molecular formula is C22H17ClN6OS2. The van der Waals surface area contributed by atoms with Crippen LogP contribution in [0.4, 0.5) is 0 Å². The van der Waals surface area contributed by atoms with E-state index in [0.29, 0.717) is 32.8 Å². The van der Waals surface area contributed by atoms with Crippen molar-refractivity contribution in [3.05, 3.63) is 86.2 Å². The molecule has 0 spiro atoms. The van der Waals surface area contributed by atoms with E-state index < -0.39 is 0 Å². The maximum Gasteiger partial charge on any atom is 0.267 e. The summed E-state index contributed by atoms with van der Waals surface area (Å²) in [4.78, 5) is 20.2. The Balaban J connectivity index is 1.60. The summed E-state index contributed by atoms with van der Waals surface area (Å²) in [6.45, 7) is 3.97. The minimum absolute atomic E-state index is 0.0932. The van der Waals surface area contributed by atoms with Crippen LogP contribution in [0.15, 0.2) is 64.5 Å². The predicted molar refractivity (Wildman–Crippen MR) is 128 cm³/mol. The van der Waals surface area contributed by atoms with Gasteiger partial charge in [-0.15, -0.1) is 16.4 Å². The Morgan fingerprint density at radius 3 is 2.53 bits per heavy atom. The van der Waals surface area contributed by atoms with Gasteiger partial charge >= 0.3 is 0 Å². The predicted octanol–water partition coefficient (Wildman–Crippen LogP) is 4.99. The fourth-order valence-corrected chi connectivity index (χ4v) is 5.50. The Morgan fingerprint density at radius 2 is 1.78 bits per heavy atom. The summed E-state index contributed by atoms with van der Waals surface area (Å²) >= 11 is 9.03. The van der Waals surface area contributed by atoms with Gasteiger partial charge in [0.2, 0.25) is 0 Å². The summed E-state index contributed by atoms with van der Waals surface area (Å²) in [5.74, 6) is 1.10. The molecule has 0 saturated carbocycles. The van der Waals surface area contributed by atoms with E-state index in [1.807, 2.05) is 56.3 Å². The first kappa shape index (κ1) is 20.9. The molecule has 3 heterocycles. The van der Waals surface area contributed by atoms with Gasteiger partial charge < -0.3 is 0 Å². The summed E-state index contributed by atoms with van der Waals surface area (Å²) < 4.78 is 3.33. The third kappa shape index (κ3) is 3.72. The standard InChI is InChI=1S/C22H17ClN6OS2/c1-13-14(2)32-20-19(13)21(30)28(16-10-8-15(23)9-11-16)22(24-20)31-12-18-25-26-27-29(18)17-6-4-3-5-7-17/h3-11H,12H2,1-2H3. The fourth-order valence-electron chi connectivity index (χ4n) is 3.38. The highest BCUT2D eigenvalue weighted by atomic mass is 35.5. The van der Waals surface area contributed by atoms with Crippen molar-refractivity contribution in [3.8, 4) is 11.4 Å². The molecule has 5 rings (SSSR count). The van der Waals surface area contributed by atoms with Gasteiger partial charge in [-0.2, -0.15) is 4.68 Å². The highest BCUT2D eigenvalue weighted by Gasteiger charge is 2.19. The largest absolute Gasteiger partial charge is 0.268 e. The molecular weight excluding hydrogens is 464 g/mol. The van der Waals surface area contributed by atoms with Gasteiger partial charge in [-0.3, -0.25) is 9.36 Å². The van der Waals surface area contributed by atoms with Crippen molar-refractivity contribution in [1.82, 2.24) is 29.8 Å². The average molecular weight is 481 g/mol.